The lowest BCUT2D eigenvalue weighted by Crippen LogP contribution is -2.13. The van der Waals surface area contributed by atoms with Crippen molar-refractivity contribution in [3.8, 4) is 0 Å². The molecule has 12 heteroatoms. The fraction of sp³-hybridized carbons (Fsp3) is 0.625. The topological polar surface area (TPSA) is 110 Å². The predicted octanol–water partition coefficient (Wildman–Crippen LogP) is 3.43. The second-order valence-corrected chi connectivity index (χ2v) is 10.2. The third-order valence-electron chi connectivity index (χ3n) is 4.30. The van der Waals surface area contributed by atoms with Gasteiger partial charge in [0, 0.05) is 11.8 Å². The maximum absolute atomic E-state index is 11.7. The zero-order chi connectivity index (χ0) is 19.9. The predicted molar refractivity (Wildman–Crippen MR) is 118 cm³/mol. The fourth-order valence-corrected chi connectivity index (χ4v) is 5.59. The van der Waals surface area contributed by atoms with Gasteiger partial charge in [-0.15, -0.1) is 20.4 Å². The van der Waals surface area contributed by atoms with Gasteiger partial charge in [0.15, 0.2) is 0 Å². The van der Waals surface area contributed by atoms with E-state index < -0.39 is 0 Å². The van der Waals surface area contributed by atoms with Crippen LogP contribution in [-0.4, -0.2) is 56.2 Å². The molecule has 2 atom stereocenters. The number of rotatable bonds is 8. The largest absolute Gasteiger partial charge is 0.300 e. The lowest BCUT2D eigenvalue weighted by atomic mass is 9.82. The van der Waals surface area contributed by atoms with Gasteiger partial charge in [-0.3, -0.25) is 20.2 Å². The van der Waals surface area contributed by atoms with E-state index in [2.05, 4.69) is 31.0 Å². The molecular formula is C16H22N6O2S4. The van der Waals surface area contributed by atoms with E-state index in [1.54, 1.807) is 0 Å². The highest BCUT2D eigenvalue weighted by molar-refractivity contribution is 7.99. The molecule has 0 aromatic carbocycles. The Balaban J connectivity index is 1.60. The first-order valence-corrected chi connectivity index (χ1v) is 13.3. The van der Waals surface area contributed by atoms with Crippen molar-refractivity contribution in [2.45, 2.75) is 37.5 Å². The lowest BCUT2D eigenvalue weighted by Gasteiger charge is -2.25. The highest BCUT2D eigenvalue weighted by atomic mass is 32.2. The number of nitrogens with one attached hydrogen (secondary N) is 2. The summed E-state index contributed by atoms with van der Waals surface area (Å²) in [6, 6.07) is 0. The molecule has 0 bridgehead atoms. The quantitative estimate of drug-likeness (QED) is 0.619. The highest BCUT2D eigenvalue weighted by Crippen LogP contribution is 2.43. The van der Waals surface area contributed by atoms with Gasteiger partial charge in [0.25, 0.3) is 0 Å². The molecular weight excluding hydrogens is 436 g/mol. The monoisotopic (exact) mass is 458 g/mol. The minimum atomic E-state index is -0.0540. The van der Waals surface area contributed by atoms with Gasteiger partial charge in [0.2, 0.25) is 22.1 Å². The lowest BCUT2D eigenvalue weighted by molar-refractivity contribution is -0.114. The van der Waals surface area contributed by atoms with Crippen LogP contribution in [0.15, 0.2) is 0 Å². The zero-order valence-electron chi connectivity index (χ0n) is 15.6. The molecule has 0 aliphatic heterocycles. The standard InChI is InChI=1S/C16H22N6O2S4/c1-25-7-11(23)17-15-21-19-13(27-15)9-4-3-5-10(6-9)14-20-22-16(28-14)18-12(24)8-26-2/h9-10H,3-8H2,1-2H3,(H,17,21,23)(H,18,22,24). The number of amides is 2. The molecule has 0 spiro atoms. The van der Waals surface area contributed by atoms with Crippen LogP contribution in [0.4, 0.5) is 10.3 Å². The van der Waals surface area contributed by atoms with Crippen molar-refractivity contribution < 1.29 is 9.59 Å². The Labute approximate surface area is 180 Å². The number of carbonyl (C=O) groups excluding carboxylic acids is 2. The number of aromatic nitrogens is 4. The van der Waals surface area contributed by atoms with Crippen LogP contribution in [0.2, 0.25) is 0 Å². The third kappa shape index (κ3) is 5.88. The van der Waals surface area contributed by atoms with E-state index >= 15 is 0 Å². The van der Waals surface area contributed by atoms with E-state index in [0.717, 1.165) is 35.7 Å². The van der Waals surface area contributed by atoms with Crippen LogP contribution >= 0.6 is 46.2 Å². The van der Waals surface area contributed by atoms with E-state index in [-0.39, 0.29) is 11.8 Å². The van der Waals surface area contributed by atoms with Crippen LogP contribution in [-0.2, 0) is 9.59 Å². The average molecular weight is 459 g/mol. The van der Waals surface area contributed by atoms with Crippen LogP contribution in [0.5, 0.6) is 0 Å². The smallest absolute Gasteiger partial charge is 0.236 e. The summed E-state index contributed by atoms with van der Waals surface area (Å²) < 4.78 is 0. The summed E-state index contributed by atoms with van der Waals surface area (Å²) in [6.45, 7) is 0. The summed E-state index contributed by atoms with van der Waals surface area (Å²) >= 11 is 5.86. The fourth-order valence-electron chi connectivity index (χ4n) is 3.11. The van der Waals surface area contributed by atoms with E-state index in [4.69, 9.17) is 0 Å². The van der Waals surface area contributed by atoms with Crippen molar-refractivity contribution in [1.82, 2.24) is 20.4 Å². The third-order valence-corrected chi connectivity index (χ3v) is 7.40. The van der Waals surface area contributed by atoms with Crippen molar-refractivity contribution >= 4 is 68.3 Å². The van der Waals surface area contributed by atoms with Crippen LogP contribution in [0, 0.1) is 0 Å². The minimum Gasteiger partial charge on any atom is -0.300 e. The molecule has 2 aromatic rings. The normalized spacial score (nSPS) is 19.4. The summed E-state index contributed by atoms with van der Waals surface area (Å²) in [5, 5.41) is 25.5. The first-order chi connectivity index (χ1) is 13.6. The van der Waals surface area contributed by atoms with Gasteiger partial charge in [-0.2, -0.15) is 23.5 Å². The number of carbonyl (C=O) groups is 2. The minimum absolute atomic E-state index is 0.0540. The van der Waals surface area contributed by atoms with Crippen LogP contribution in [0.25, 0.3) is 0 Å². The molecule has 1 aliphatic rings. The Morgan fingerprint density at radius 1 is 0.893 bits per heavy atom. The number of thioether (sulfide) groups is 2. The molecule has 1 aliphatic carbocycles. The van der Waals surface area contributed by atoms with Crippen molar-refractivity contribution in [1.29, 1.82) is 0 Å². The van der Waals surface area contributed by atoms with E-state index in [1.165, 1.54) is 46.2 Å². The summed E-state index contributed by atoms with van der Waals surface area (Å²) in [7, 11) is 0. The molecule has 28 heavy (non-hydrogen) atoms. The molecule has 2 amide bonds. The summed E-state index contributed by atoms with van der Waals surface area (Å²) in [4.78, 5) is 23.4. The second kappa shape index (κ2) is 10.5. The van der Waals surface area contributed by atoms with Gasteiger partial charge >= 0.3 is 0 Å². The Hall–Kier alpha value is -1.24. The Morgan fingerprint density at radius 3 is 1.79 bits per heavy atom. The first kappa shape index (κ1) is 21.5. The first-order valence-electron chi connectivity index (χ1n) is 8.83. The summed E-state index contributed by atoms with van der Waals surface area (Å²) in [6.07, 6.45) is 7.90. The van der Waals surface area contributed by atoms with Gasteiger partial charge in [-0.1, -0.05) is 29.1 Å². The van der Waals surface area contributed by atoms with Gasteiger partial charge in [0.1, 0.15) is 10.0 Å². The molecule has 3 rings (SSSR count). The Morgan fingerprint density at radius 2 is 1.36 bits per heavy atom. The van der Waals surface area contributed by atoms with Crippen molar-refractivity contribution in [3.63, 3.8) is 0 Å². The molecule has 2 aromatic heterocycles. The second-order valence-electron chi connectivity index (χ2n) is 6.41. The molecule has 2 heterocycles. The Bertz CT molecular complexity index is 746. The zero-order valence-corrected chi connectivity index (χ0v) is 18.9. The molecule has 2 unspecified atom stereocenters. The summed E-state index contributed by atoms with van der Waals surface area (Å²) in [5.41, 5.74) is 0. The van der Waals surface area contributed by atoms with Crippen LogP contribution in [0.3, 0.4) is 0 Å². The van der Waals surface area contributed by atoms with E-state index in [9.17, 15) is 9.59 Å². The molecule has 0 saturated heterocycles. The van der Waals surface area contributed by atoms with Crippen molar-refractivity contribution in [2.75, 3.05) is 34.7 Å². The molecule has 1 saturated carbocycles. The van der Waals surface area contributed by atoms with Crippen molar-refractivity contribution in [3.05, 3.63) is 10.0 Å². The van der Waals surface area contributed by atoms with Crippen LogP contribution in [0.1, 0.15) is 47.5 Å². The highest BCUT2D eigenvalue weighted by Gasteiger charge is 2.29. The number of anilines is 2. The number of hydrogen-bond acceptors (Lipinski definition) is 10. The molecule has 152 valence electrons. The van der Waals surface area contributed by atoms with Gasteiger partial charge in [0.05, 0.1) is 11.5 Å². The van der Waals surface area contributed by atoms with Gasteiger partial charge < -0.3 is 0 Å². The van der Waals surface area contributed by atoms with Crippen LogP contribution < -0.4 is 10.6 Å². The molecule has 8 nitrogen and oxygen atoms in total. The average Bonchev–Trinajstić information content (AvgIpc) is 3.32. The Kier molecular flexibility index (Phi) is 8.06. The molecule has 0 radical (unpaired) electrons. The number of nitrogens with zero attached hydrogens (tertiary/aromatic N) is 4. The van der Waals surface area contributed by atoms with E-state index in [1.807, 2.05) is 12.5 Å². The maximum atomic E-state index is 11.7. The molecule has 2 N–H and O–H groups in total. The SMILES string of the molecule is CSCC(=O)Nc1nnc(C2CCCC(c3nnc(NC(=O)CSC)s3)C2)s1. The summed E-state index contributed by atoms with van der Waals surface area (Å²) in [5.74, 6) is 1.32. The number of hydrogen-bond donors (Lipinski definition) is 2. The van der Waals surface area contributed by atoms with Gasteiger partial charge in [-0.05, 0) is 31.8 Å². The maximum Gasteiger partial charge on any atom is 0.236 e. The molecule has 1 fully saturated rings. The van der Waals surface area contributed by atoms with Gasteiger partial charge in [-0.25, -0.2) is 0 Å². The van der Waals surface area contributed by atoms with E-state index in [0.29, 0.717) is 33.6 Å². The van der Waals surface area contributed by atoms with Crippen molar-refractivity contribution in [2.24, 2.45) is 0 Å².